The molecule has 0 radical (unpaired) electrons. The van der Waals surface area contributed by atoms with Gasteiger partial charge in [0.15, 0.2) is 0 Å². The van der Waals surface area contributed by atoms with Crippen molar-refractivity contribution in [1.29, 1.82) is 0 Å². The van der Waals surface area contributed by atoms with E-state index < -0.39 is 11.0 Å². The van der Waals surface area contributed by atoms with Gasteiger partial charge in [0.25, 0.3) is 0 Å². The molecule has 0 aromatic heterocycles. The number of aliphatic hydroxyl groups excluding tert-OH is 2. The lowest BCUT2D eigenvalue weighted by Crippen LogP contribution is -2.27. The first kappa shape index (κ1) is 8.21. The molecule has 2 nitrogen and oxygen atoms in total. The molecule has 0 amide bonds. The summed E-state index contributed by atoms with van der Waals surface area (Å²) in [5.41, 5.74) is -1.55. The van der Waals surface area contributed by atoms with Gasteiger partial charge in [-0.25, -0.2) is 0 Å². The second kappa shape index (κ2) is 2.67. The molecule has 0 rings (SSSR count). The van der Waals surface area contributed by atoms with Crippen molar-refractivity contribution in [3.05, 3.63) is 0 Å². The number of alkyl halides is 1. The fraction of sp³-hybridized carbons (Fsp3) is 1.00. The number of hydrogen-bond acceptors (Lipinski definition) is 2. The molecule has 0 aromatic rings. The van der Waals surface area contributed by atoms with Gasteiger partial charge in [0.05, 0.1) is 6.61 Å². The molecule has 0 saturated heterocycles. The van der Waals surface area contributed by atoms with Crippen molar-refractivity contribution >= 4 is 11.6 Å². The zero-order valence-electron chi connectivity index (χ0n) is 5.06. The van der Waals surface area contributed by atoms with Gasteiger partial charge in [-0.2, -0.15) is 0 Å². The van der Waals surface area contributed by atoms with Crippen LogP contribution in [0.15, 0.2) is 0 Å². The number of rotatable bonds is 2. The van der Waals surface area contributed by atoms with E-state index in [4.69, 9.17) is 21.8 Å². The second-order valence-corrected chi connectivity index (χ2v) is 2.90. The highest BCUT2D eigenvalue weighted by molar-refractivity contribution is 6.19. The molecule has 0 saturated carbocycles. The van der Waals surface area contributed by atoms with Crippen molar-refractivity contribution < 1.29 is 10.2 Å². The van der Waals surface area contributed by atoms with Gasteiger partial charge in [-0.3, -0.25) is 0 Å². The lowest BCUT2D eigenvalue weighted by Gasteiger charge is -2.22. The van der Waals surface area contributed by atoms with E-state index in [2.05, 4.69) is 0 Å². The van der Waals surface area contributed by atoms with Crippen LogP contribution in [0.1, 0.15) is 13.8 Å². The van der Waals surface area contributed by atoms with Crippen LogP contribution in [0.25, 0.3) is 0 Å². The summed E-state index contributed by atoms with van der Waals surface area (Å²) in [4.78, 5) is 0. The van der Waals surface area contributed by atoms with E-state index in [1.807, 2.05) is 0 Å². The molecule has 1 atom stereocenters. The zero-order valence-corrected chi connectivity index (χ0v) is 5.81. The van der Waals surface area contributed by atoms with Crippen molar-refractivity contribution in [2.24, 2.45) is 5.41 Å². The Kier molecular flexibility index (Phi) is 2.74. The van der Waals surface area contributed by atoms with Crippen LogP contribution in [0.5, 0.6) is 0 Å². The van der Waals surface area contributed by atoms with Crippen LogP contribution < -0.4 is 0 Å². The van der Waals surface area contributed by atoms with Crippen LogP contribution in [0.2, 0.25) is 0 Å². The Morgan fingerprint density at radius 1 is 1.62 bits per heavy atom. The molecular weight excluding hydrogens is 128 g/mol. The molecular formula is C5H11ClO2. The third-order valence-electron chi connectivity index (χ3n) is 1.05. The maximum absolute atomic E-state index is 8.69. The van der Waals surface area contributed by atoms with Gasteiger partial charge in [-0.15, -0.1) is 0 Å². The number of hydrogen-bond donors (Lipinski definition) is 2. The predicted molar refractivity (Wildman–Crippen MR) is 32.7 cm³/mol. The maximum Gasteiger partial charge on any atom is 0.135 e. The quantitative estimate of drug-likeness (QED) is 0.548. The molecule has 50 valence electrons. The Hall–Kier alpha value is 0.210. The van der Waals surface area contributed by atoms with Gasteiger partial charge in [0, 0.05) is 5.41 Å². The topological polar surface area (TPSA) is 40.5 Å². The number of aliphatic hydroxyl groups is 2. The van der Waals surface area contributed by atoms with E-state index in [0.29, 0.717) is 0 Å². The first-order chi connectivity index (χ1) is 3.50. The maximum atomic E-state index is 8.69. The highest BCUT2D eigenvalue weighted by Gasteiger charge is 2.24. The molecule has 3 heteroatoms. The highest BCUT2D eigenvalue weighted by Crippen LogP contribution is 2.21. The minimum Gasteiger partial charge on any atom is -0.396 e. The van der Waals surface area contributed by atoms with Crippen molar-refractivity contribution in [2.75, 3.05) is 6.61 Å². The van der Waals surface area contributed by atoms with Gasteiger partial charge in [-0.05, 0) is 0 Å². The summed E-state index contributed by atoms with van der Waals surface area (Å²) in [5.74, 6) is 0. The van der Waals surface area contributed by atoms with Gasteiger partial charge >= 0.3 is 0 Å². The highest BCUT2D eigenvalue weighted by atomic mass is 35.5. The van der Waals surface area contributed by atoms with Crippen molar-refractivity contribution in [3.63, 3.8) is 0 Å². The van der Waals surface area contributed by atoms with Gasteiger partial charge < -0.3 is 10.2 Å². The van der Waals surface area contributed by atoms with E-state index in [1.165, 1.54) is 0 Å². The predicted octanol–water partition coefficient (Wildman–Crippen LogP) is 0.562. The molecule has 2 N–H and O–H groups in total. The Labute approximate surface area is 54.1 Å². The minimum absolute atomic E-state index is 0.0995. The molecule has 0 aliphatic rings. The number of halogens is 1. The average molecular weight is 139 g/mol. The fourth-order valence-electron chi connectivity index (χ4n) is 0.0753. The lowest BCUT2D eigenvalue weighted by molar-refractivity contribution is 0.0589. The van der Waals surface area contributed by atoms with Crippen molar-refractivity contribution in [3.8, 4) is 0 Å². The van der Waals surface area contributed by atoms with Crippen LogP contribution in [-0.2, 0) is 0 Å². The Morgan fingerprint density at radius 2 is 2.00 bits per heavy atom. The molecule has 0 aliphatic carbocycles. The normalized spacial score (nSPS) is 16.1. The smallest absolute Gasteiger partial charge is 0.135 e. The van der Waals surface area contributed by atoms with Crippen LogP contribution in [0.4, 0.5) is 0 Å². The summed E-state index contributed by atoms with van der Waals surface area (Å²) in [6.45, 7) is 3.27. The molecule has 1 unspecified atom stereocenters. The van der Waals surface area contributed by atoms with E-state index in [1.54, 1.807) is 13.8 Å². The average Bonchev–Trinajstić information content (AvgIpc) is 1.67. The first-order valence-corrected chi connectivity index (χ1v) is 2.87. The summed E-state index contributed by atoms with van der Waals surface area (Å²) in [5, 5.41) is 17.2. The van der Waals surface area contributed by atoms with Crippen LogP contribution in [0.3, 0.4) is 0 Å². The largest absolute Gasteiger partial charge is 0.396 e. The summed E-state index contributed by atoms with van der Waals surface area (Å²) in [6.07, 6.45) is 0. The fourth-order valence-corrected chi connectivity index (χ4v) is 0.144. The lowest BCUT2D eigenvalue weighted by atomic mass is 9.96. The van der Waals surface area contributed by atoms with Gasteiger partial charge in [0.1, 0.15) is 5.56 Å². The molecule has 0 bridgehead atoms. The summed E-state index contributed by atoms with van der Waals surface area (Å²) in [7, 11) is 0. The van der Waals surface area contributed by atoms with Crippen LogP contribution in [0, 0.1) is 5.41 Å². The van der Waals surface area contributed by atoms with E-state index >= 15 is 0 Å². The Balaban J connectivity index is 3.71. The molecule has 0 spiro atoms. The van der Waals surface area contributed by atoms with Gasteiger partial charge in [0.2, 0.25) is 0 Å². The summed E-state index contributed by atoms with van der Waals surface area (Å²) < 4.78 is 0. The van der Waals surface area contributed by atoms with Crippen LogP contribution >= 0.6 is 11.6 Å². The van der Waals surface area contributed by atoms with E-state index in [9.17, 15) is 0 Å². The Morgan fingerprint density at radius 3 is 2.00 bits per heavy atom. The second-order valence-electron chi connectivity index (χ2n) is 2.48. The SMILES string of the molecule is CC(C)(CO)C(O)Cl. The molecule has 0 aromatic carbocycles. The Bertz CT molecular complexity index is 70.8. The van der Waals surface area contributed by atoms with Crippen molar-refractivity contribution in [1.82, 2.24) is 0 Å². The van der Waals surface area contributed by atoms with E-state index in [-0.39, 0.29) is 6.61 Å². The third kappa shape index (κ3) is 1.99. The molecule has 0 aliphatic heterocycles. The molecule has 0 fully saturated rings. The molecule has 8 heavy (non-hydrogen) atoms. The molecule has 0 heterocycles. The summed E-state index contributed by atoms with van der Waals surface area (Å²) >= 11 is 5.27. The van der Waals surface area contributed by atoms with Crippen LogP contribution in [-0.4, -0.2) is 22.4 Å². The summed E-state index contributed by atoms with van der Waals surface area (Å²) in [6, 6.07) is 0. The van der Waals surface area contributed by atoms with Crippen molar-refractivity contribution in [2.45, 2.75) is 19.4 Å². The van der Waals surface area contributed by atoms with Gasteiger partial charge in [-0.1, -0.05) is 25.4 Å². The third-order valence-corrected chi connectivity index (χ3v) is 1.64. The van der Waals surface area contributed by atoms with E-state index in [0.717, 1.165) is 0 Å². The monoisotopic (exact) mass is 138 g/mol. The zero-order chi connectivity index (χ0) is 6.78. The standard InChI is InChI=1S/C5H11ClO2/c1-5(2,3-7)4(6)8/h4,7-8H,3H2,1-2H3. The minimum atomic E-state index is -0.965. The first-order valence-electron chi connectivity index (χ1n) is 2.43.